The molecule has 0 saturated heterocycles. The van der Waals surface area contributed by atoms with Crippen LogP contribution in [0.2, 0.25) is 0 Å². The minimum absolute atomic E-state index is 0.212. The van der Waals surface area contributed by atoms with Crippen LogP contribution in [0.1, 0.15) is 21.6 Å². The maximum Gasteiger partial charge on any atom is 0.326 e. The minimum atomic E-state index is -0.269. The molecule has 0 aliphatic rings. The lowest BCUT2D eigenvalue weighted by molar-refractivity contribution is 0.102. The smallest absolute Gasteiger partial charge is 0.306 e. The zero-order chi connectivity index (χ0) is 19.1. The first-order chi connectivity index (χ1) is 12.9. The number of carbonyl (C=O) groups excluding carboxylic acids is 1. The molecule has 7 heteroatoms. The third-order valence-electron chi connectivity index (χ3n) is 4.52. The number of fused-ring (bicyclic) bond motifs is 1. The Morgan fingerprint density at radius 2 is 1.81 bits per heavy atom. The Kier molecular flexibility index (Phi) is 3.92. The summed E-state index contributed by atoms with van der Waals surface area (Å²) in [7, 11) is 1.68. The lowest BCUT2D eigenvalue weighted by Gasteiger charge is -2.09. The molecule has 0 saturated carbocycles. The number of nitrogens with zero attached hydrogens (tertiary/aromatic N) is 3. The summed E-state index contributed by atoms with van der Waals surface area (Å²) in [6.07, 6.45) is 0. The van der Waals surface area contributed by atoms with Gasteiger partial charge in [-0.25, -0.2) is 9.48 Å². The van der Waals surface area contributed by atoms with E-state index in [0.29, 0.717) is 16.9 Å². The van der Waals surface area contributed by atoms with E-state index in [1.807, 2.05) is 44.2 Å². The van der Waals surface area contributed by atoms with Crippen molar-refractivity contribution in [1.82, 2.24) is 19.3 Å². The van der Waals surface area contributed by atoms with Gasteiger partial charge in [-0.3, -0.25) is 9.36 Å². The van der Waals surface area contributed by atoms with Crippen molar-refractivity contribution in [3.8, 4) is 5.69 Å². The van der Waals surface area contributed by atoms with Gasteiger partial charge in [0.1, 0.15) is 5.82 Å². The summed E-state index contributed by atoms with van der Waals surface area (Å²) in [6.45, 7) is 3.89. The summed E-state index contributed by atoms with van der Waals surface area (Å²) in [5.41, 5.74) is 4.43. The van der Waals surface area contributed by atoms with Crippen LogP contribution in [-0.2, 0) is 7.05 Å². The van der Waals surface area contributed by atoms with E-state index in [-0.39, 0.29) is 11.6 Å². The number of aromatic nitrogens is 4. The highest BCUT2D eigenvalue weighted by atomic mass is 16.2. The second-order valence-corrected chi connectivity index (χ2v) is 6.59. The van der Waals surface area contributed by atoms with Crippen molar-refractivity contribution in [2.75, 3.05) is 5.32 Å². The normalized spacial score (nSPS) is 11.1. The molecule has 2 aromatic carbocycles. The van der Waals surface area contributed by atoms with Crippen molar-refractivity contribution in [3.05, 3.63) is 75.8 Å². The van der Waals surface area contributed by atoms with Crippen LogP contribution in [0, 0.1) is 13.8 Å². The van der Waals surface area contributed by atoms with Gasteiger partial charge in [0.2, 0.25) is 0 Å². The number of carbonyl (C=O) groups is 1. The average Bonchev–Trinajstić information content (AvgIpc) is 3.14. The number of hydrogen-bond donors (Lipinski definition) is 2. The van der Waals surface area contributed by atoms with E-state index in [2.05, 4.69) is 15.4 Å². The second kappa shape index (κ2) is 6.28. The molecule has 2 aromatic heterocycles. The topological polar surface area (TPSA) is 84.7 Å². The van der Waals surface area contributed by atoms with Gasteiger partial charge in [0, 0.05) is 18.7 Å². The third kappa shape index (κ3) is 3.03. The highest BCUT2D eigenvalue weighted by Gasteiger charge is 2.14. The molecule has 1 amide bonds. The number of imidazole rings is 1. The fraction of sp³-hybridized carbons (Fsp3) is 0.150. The van der Waals surface area contributed by atoms with Gasteiger partial charge in [-0.2, -0.15) is 5.10 Å². The summed E-state index contributed by atoms with van der Waals surface area (Å²) in [4.78, 5) is 27.2. The van der Waals surface area contributed by atoms with Crippen molar-refractivity contribution in [2.45, 2.75) is 13.8 Å². The number of nitrogens with one attached hydrogen (secondary N) is 2. The predicted octanol–water partition coefficient (Wildman–Crippen LogP) is 2.92. The molecule has 0 spiro atoms. The average molecular weight is 361 g/mol. The van der Waals surface area contributed by atoms with E-state index in [1.54, 1.807) is 29.9 Å². The maximum atomic E-state index is 12.7. The van der Waals surface area contributed by atoms with Crippen LogP contribution in [-0.4, -0.2) is 25.2 Å². The number of aryl methyl sites for hydroxylation is 3. The van der Waals surface area contributed by atoms with Crippen LogP contribution in [0.4, 0.5) is 5.82 Å². The Bertz CT molecular complexity index is 1210. The molecule has 7 nitrogen and oxygen atoms in total. The fourth-order valence-electron chi connectivity index (χ4n) is 3.04. The van der Waals surface area contributed by atoms with Crippen LogP contribution >= 0.6 is 0 Å². The van der Waals surface area contributed by atoms with E-state index in [9.17, 15) is 9.59 Å². The van der Waals surface area contributed by atoms with Crippen molar-refractivity contribution in [1.29, 1.82) is 0 Å². The van der Waals surface area contributed by atoms with Crippen molar-refractivity contribution in [2.24, 2.45) is 7.05 Å². The minimum Gasteiger partial charge on any atom is -0.306 e. The zero-order valence-electron chi connectivity index (χ0n) is 15.3. The highest BCUT2D eigenvalue weighted by Crippen LogP contribution is 2.19. The van der Waals surface area contributed by atoms with E-state index in [0.717, 1.165) is 22.5 Å². The Morgan fingerprint density at radius 1 is 1.07 bits per heavy atom. The van der Waals surface area contributed by atoms with Crippen LogP contribution in [0.3, 0.4) is 0 Å². The maximum absolute atomic E-state index is 12.7. The molecule has 0 bridgehead atoms. The van der Waals surface area contributed by atoms with Gasteiger partial charge in [-0.05, 0) is 44.2 Å². The van der Waals surface area contributed by atoms with Crippen molar-refractivity contribution < 1.29 is 4.79 Å². The fourth-order valence-corrected chi connectivity index (χ4v) is 3.04. The molecule has 27 heavy (non-hydrogen) atoms. The molecule has 0 atom stereocenters. The third-order valence-corrected chi connectivity index (χ3v) is 4.52. The van der Waals surface area contributed by atoms with Crippen molar-refractivity contribution >= 4 is 22.8 Å². The molecule has 0 aliphatic carbocycles. The molecule has 136 valence electrons. The number of benzene rings is 2. The Labute approximate surface area is 155 Å². The predicted molar refractivity (Wildman–Crippen MR) is 105 cm³/mol. The highest BCUT2D eigenvalue weighted by molar-refractivity contribution is 6.05. The van der Waals surface area contributed by atoms with E-state index < -0.39 is 0 Å². The first-order valence-electron chi connectivity index (χ1n) is 8.56. The summed E-state index contributed by atoms with van der Waals surface area (Å²) >= 11 is 0. The lowest BCUT2D eigenvalue weighted by Crippen LogP contribution is -2.15. The molecule has 2 N–H and O–H groups in total. The van der Waals surface area contributed by atoms with Gasteiger partial charge in [0.15, 0.2) is 0 Å². The first-order valence-corrected chi connectivity index (χ1v) is 8.56. The quantitative estimate of drug-likeness (QED) is 0.588. The second-order valence-electron chi connectivity index (χ2n) is 6.59. The van der Waals surface area contributed by atoms with Gasteiger partial charge in [-0.1, -0.05) is 17.7 Å². The van der Waals surface area contributed by atoms with Gasteiger partial charge in [0.25, 0.3) is 5.91 Å². The van der Waals surface area contributed by atoms with Crippen LogP contribution in [0.15, 0.2) is 53.3 Å². The largest absolute Gasteiger partial charge is 0.326 e. The first kappa shape index (κ1) is 16.8. The number of anilines is 1. The van der Waals surface area contributed by atoms with Gasteiger partial charge in [-0.15, -0.1) is 0 Å². The Balaban J connectivity index is 1.67. The van der Waals surface area contributed by atoms with Gasteiger partial charge in [0.05, 0.1) is 22.4 Å². The van der Waals surface area contributed by atoms with Crippen LogP contribution in [0.5, 0.6) is 0 Å². The molecule has 4 aromatic rings. The Hall–Kier alpha value is -3.61. The molecule has 0 aliphatic heterocycles. The molecule has 0 radical (unpaired) electrons. The summed E-state index contributed by atoms with van der Waals surface area (Å²) in [5.74, 6) is 0.317. The van der Waals surface area contributed by atoms with Gasteiger partial charge < -0.3 is 10.3 Å². The van der Waals surface area contributed by atoms with E-state index in [1.165, 1.54) is 4.57 Å². The standard InChI is InChI=1S/C20H19N5O2/c1-12-4-7-15(8-5-12)25-18(10-13(2)23-25)22-19(26)14-6-9-17-16(11-14)21-20(27)24(17)3/h4-11H,1-3H3,(H,21,27)(H,22,26). The molecule has 0 unspecified atom stereocenters. The Morgan fingerprint density at radius 3 is 2.56 bits per heavy atom. The summed E-state index contributed by atoms with van der Waals surface area (Å²) in [5, 5.41) is 7.38. The van der Waals surface area contributed by atoms with E-state index in [4.69, 9.17) is 0 Å². The number of hydrogen-bond acceptors (Lipinski definition) is 3. The summed E-state index contributed by atoms with van der Waals surface area (Å²) < 4.78 is 3.21. The van der Waals surface area contributed by atoms with Crippen LogP contribution in [0.25, 0.3) is 16.7 Å². The SMILES string of the molecule is Cc1ccc(-n2nc(C)cc2NC(=O)c2ccc3c(c2)[nH]c(=O)n3C)cc1. The van der Waals surface area contributed by atoms with Gasteiger partial charge >= 0.3 is 5.69 Å². The summed E-state index contributed by atoms with van der Waals surface area (Å²) in [6, 6.07) is 14.9. The molecule has 4 rings (SSSR count). The molecule has 0 fully saturated rings. The molecular weight excluding hydrogens is 342 g/mol. The molecular formula is C20H19N5O2. The number of amides is 1. The van der Waals surface area contributed by atoms with Crippen LogP contribution < -0.4 is 11.0 Å². The zero-order valence-corrected chi connectivity index (χ0v) is 15.3. The molecule has 2 heterocycles. The van der Waals surface area contributed by atoms with E-state index >= 15 is 0 Å². The number of H-pyrrole nitrogens is 1. The number of aromatic amines is 1. The monoisotopic (exact) mass is 361 g/mol. The lowest BCUT2D eigenvalue weighted by atomic mass is 10.2. The number of rotatable bonds is 3. The van der Waals surface area contributed by atoms with Crippen molar-refractivity contribution in [3.63, 3.8) is 0 Å².